The lowest BCUT2D eigenvalue weighted by atomic mass is 10.00. The van der Waals surface area contributed by atoms with E-state index in [9.17, 15) is 0 Å². The summed E-state index contributed by atoms with van der Waals surface area (Å²) in [6.07, 6.45) is 0. The van der Waals surface area contributed by atoms with Gasteiger partial charge in [0.15, 0.2) is 4.60 Å². The fourth-order valence-electron chi connectivity index (χ4n) is 1.76. The summed E-state index contributed by atoms with van der Waals surface area (Å²) in [5, 5.41) is 8.53. The van der Waals surface area contributed by atoms with Crippen molar-refractivity contribution in [3.8, 4) is 0 Å². The molecule has 0 saturated heterocycles. The lowest BCUT2D eigenvalue weighted by Gasteiger charge is -2.15. The molecule has 0 aliphatic rings. The fourth-order valence-corrected chi connectivity index (χ4v) is 2.52. The average Bonchev–Trinajstić information content (AvgIpc) is 2.61. The van der Waals surface area contributed by atoms with Gasteiger partial charge < -0.3 is 5.73 Å². The Morgan fingerprint density at radius 3 is 2.76 bits per heavy atom. The Morgan fingerprint density at radius 1 is 1.47 bits per heavy atom. The summed E-state index contributed by atoms with van der Waals surface area (Å²) < 4.78 is 2.32. The van der Waals surface area contributed by atoms with Gasteiger partial charge in [-0.25, -0.2) is 4.68 Å². The van der Waals surface area contributed by atoms with E-state index in [1.165, 1.54) is 0 Å². The molecule has 4 nitrogen and oxygen atoms in total. The van der Waals surface area contributed by atoms with Crippen molar-refractivity contribution < 1.29 is 0 Å². The van der Waals surface area contributed by atoms with Crippen LogP contribution in [0.2, 0.25) is 5.02 Å². The summed E-state index contributed by atoms with van der Waals surface area (Å²) in [5.74, 6) is 0. The zero-order valence-corrected chi connectivity index (χ0v) is 11.8. The SMILES string of the molecule is Cc1ccc(Cl)cc1C(N)c1c(Br)nnn1C. The van der Waals surface area contributed by atoms with Crippen LogP contribution in [0.5, 0.6) is 0 Å². The minimum absolute atomic E-state index is 0.303. The average molecular weight is 316 g/mol. The van der Waals surface area contributed by atoms with Gasteiger partial charge in [0.1, 0.15) is 0 Å². The standard InChI is InChI=1S/C11H12BrClN4/c1-6-3-4-7(13)5-8(6)9(14)10-11(12)15-16-17(10)2/h3-5,9H,14H2,1-2H3. The molecule has 90 valence electrons. The topological polar surface area (TPSA) is 56.7 Å². The molecule has 0 radical (unpaired) electrons. The Balaban J connectivity index is 2.50. The van der Waals surface area contributed by atoms with Crippen molar-refractivity contribution in [1.29, 1.82) is 0 Å². The number of hydrogen-bond donors (Lipinski definition) is 1. The number of halogens is 2. The summed E-state index contributed by atoms with van der Waals surface area (Å²) in [4.78, 5) is 0. The van der Waals surface area contributed by atoms with Gasteiger partial charge in [0.05, 0.1) is 11.7 Å². The van der Waals surface area contributed by atoms with Crippen LogP contribution in [0.3, 0.4) is 0 Å². The van der Waals surface area contributed by atoms with Gasteiger partial charge in [0.25, 0.3) is 0 Å². The zero-order valence-electron chi connectivity index (χ0n) is 9.48. The number of nitrogens with two attached hydrogens (primary N) is 1. The van der Waals surface area contributed by atoms with E-state index in [1.807, 2.05) is 32.2 Å². The molecular formula is C11H12BrClN4. The molecule has 0 spiro atoms. The zero-order chi connectivity index (χ0) is 12.6. The van der Waals surface area contributed by atoms with Crippen molar-refractivity contribution in [3.05, 3.63) is 44.6 Å². The molecule has 0 aliphatic carbocycles. The largest absolute Gasteiger partial charge is 0.319 e. The molecule has 6 heteroatoms. The van der Waals surface area contributed by atoms with Crippen LogP contribution in [0.4, 0.5) is 0 Å². The Labute approximate surface area is 113 Å². The van der Waals surface area contributed by atoms with Crippen molar-refractivity contribution in [2.45, 2.75) is 13.0 Å². The Hall–Kier alpha value is -0.910. The van der Waals surface area contributed by atoms with E-state index in [0.29, 0.717) is 9.63 Å². The van der Waals surface area contributed by atoms with Gasteiger partial charge in [-0.2, -0.15) is 0 Å². The van der Waals surface area contributed by atoms with E-state index >= 15 is 0 Å². The molecule has 1 heterocycles. The highest BCUT2D eigenvalue weighted by Crippen LogP contribution is 2.28. The van der Waals surface area contributed by atoms with Crippen LogP contribution in [-0.4, -0.2) is 15.0 Å². The third-order valence-electron chi connectivity index (χ3n) is 2.70. The molecule has 2 aromatic rings. The molecule has 1 aromatic carbocycles. The molecule has 0 bridgehead atoms. The van der Waals surface area contributed by atoms with Crippen LogP contribution in [0.1, 0.15) is 22.9 Å². The number of nitrogens with zero attached hydrogens (tertiary/aromatic N) is 3. The second kappa shape index (κ2) is 4.76. The first kappa shape index (κ1) is 12.5. The van der Waals surface area contributed by atoms with Crippen molar-refractivity contribution in [3.63, 3.8) is 0 Å². The first-order valence-corrected chi connectivity index (χ1v) is 6.24. The van der Waals surface area contributed by atoms with E-state index in [1.54, 1.807) is 4.68 Å². The van der Waals surface area contributed by atoms with Crippen LogP contribution in [0, 0.1) is 6.92 Å². The predicted molar refractivity (Wildman–Crippen MR) is 70.9 cm³/mol. The molecule has 2 rings (SSSR count). The first-order chi connectivity index (χ1) is 8.00. The van der Waals surface area contributed by atoms with E-state index in [0.717, 1.165) is 16.8 Å². The molecule has 1 unspecified atom stereocenters. The lowest BCUT2D eigenvalue weighted by Crippen LogP contribution is -2.17. The minimum Gasteiger partial charge on any atom is -0.319 e. The van der Waals surface area contributed by atoms with Gasteiger partial charge in [0.2, 0.25) is 0 Å². The molecular weight excluding hydrogens is 304 g/mol. The molecule has 2 N–H and O–H groups in total. The van der Waals surface area contributed by atoms with E-state index in [-0.39, 0.29) is 6.04 Å². The Morgan fingerprint density at radius 2 is 2.18 bits per heavy atom. The highest BCUT2D eigenvalue weighted by molar-refractivity contribution is 9.10. The van der Waals surface area contributed by atoms with Crippen LogP contribution < -0.4 is 5.73 Å². The number of aromatic nitrogens is 3. The third kappa shape index (κ3) is 2.36. The molecule has 17 heavy (non-hydrogen) atoms. The fraction of sp³-hybridized carbons (Fsp3) is 0.273. The van der Waals surface area contributed by atoms with Gasteiger partial charge in [-0.05, 0) is 46.1 Å². The van der Waals surface area contributed by atoms with E-state index < -0.39 is 0 Å². The van der Waals surface area contributed by atoms with Crippen LogP contribution in [0.25, 0.3) is 0 Å². The van der Waals surface area contributed by atoms with Crippen LogP contribution in [0.15, 0.2) is 22.8 Å². The molecule has 0 saturated carbocycles. The van der Waals surface area contributed by atoms with Crippen molar-refractivity contribution in [1.82, 2.24) is 15.0 Å². The summed E-state index contributed by atoms with van der Waals surface area (Å²) in [5.41, 5.74) is 9.14. The quantitative estimate of drug-likeness (QED) is 0.926. The normalized spacial score (nSPS) is 12.8. The second-order valence-electron chi connectivity index (χ2n) is 3.87. The van der Waals surface area contributed by atoms with Gasteiger partial charge >= 0.3 is 0 Å². The van der Waals surface area contributed by atoms with E-state index in [2.05, 4.69) is 26.2 Å². The highest BCUT2D eigenvalue weighted by Gasteiger charge is 2.19. The van der Waals surface area contributed by atoms with Gasteiger partial charge in [-0.3, -0.25) is 0 Å². The van der Waals surface area contributed by atoms with Crippen molar-refractivity contribution >= 4 is 27.5 Å². The van der Waals surface area contributed by atoms with Crippen molar-refractivity contribution in [2.24, 2.45) is 12.8 Å². The smallest absolute Gasteiger partial charge is 0.153 e. The number of aryl methyl sites for hydroxylation is 2. The van der Waals surface area contributed by atoms with E-state index in [4.69, 9.17) is 17.3 Å². The number of rotatable bonds is 2. The third-order valence-corrected chi connectivity index (χ3v) is 3.50. The predicted octanol–water partition coefficient (Wildman–Crippen LogP) is 2.59. The van der Waals surface area contributed by atoms with Gasteiger partial charge in [0, 0.05) is 12.1 Å². The van der Waals surface area contributed by atoms with Crippen molar-refractivity contribution in [2.75, 3.05) is 0 Å². The monoisotopic (exact) mass is 314 g/mol. The maximum Gasteiger partial charge on any atom is 0.153 e. The van der Waals surface area contributed by atoms with Crippen LogP contribution in [-0.2, 0) is 7.05 Å². The van der Waals surface area contributed by atoms with Gasteiger partial charge in [-0.1, -0.05) is 22.9 Å². The molecule has 0 amide bonds. The summed E-state index contributed by atoms with van der Waals surface area (Å²) in [6, 6.07) is 5.38. The Bertz CT molecular complexity index is 533. The molecule has 1 atom stereocenters. The number of benzene rings is 1. The number of hydrogen-bond acceptors (Lipinski definition) is 3. The maximum absolute atomic E-state index is 6.24. The first-order valence-electron chi connectivity index (χ1n) is 5.07. The second-order valence-corrected chi connectivity index (χ2v) is 5.06. The molecule has 1 aromatic heterocycles. The summed E-state index contributed by atoms with van der Waals surface area (Å²) in [7, 11) is 1.81. The van der Waals surface area contributed by atoms with Crippen LogP contribution >= 0.6 is 27.5 Å². The maximum atomic E-state index is 6.24. The summed E-state index contributed by atoms with van der Waals surface area (Å²) >= 11 is 9.35. The highest BCUT2D eigenvalue weighted by atomic mass is 79.9. The lowest BCUT2D eigenvalue weighted by molar-refractivity contribution is 0.649. The minimum atomic E-state index is -0.303. The molecule has 0 aliphatic heterocycles. The molecule has 0 fully saturated rings. The summed E-state index contributed by atoms with van der Waals surface area (Å²) in [6.45, 7) is 2.00. The van der Waals surface area contributed by atoms with Gasteiger partial charge in [-0.15, -0.1) is 5.10 Å². The Kier molecular flexibility index (Phi) is 3.51.